The Morgan fingerprint density at radius 1 is 1.30 bits per heavy atom. The number of rotatable bonds is 3. The number of nitrogens with one attached hydrogen (secondary N) is 1. The number of benzene rings is 1. The molecule has 106 valence electrons. The Bertz CT molecular complexity index is 620. The van der Waals surface area contributed by atoms with Gasteiger partial charge in [-0.05, 0) is 24.3 Å². The van der Waals surface area contributed by atoms with Gasteiger partial charge in [-0.2, -0.15) is 22.5 Å². The summed E-state index contributed by atoms with van der Waals surface area (Å²) < 4.78 is 40.6. The van der Waals surface area contributed by atoms with Gasteiger partial charge in [0, 0.05) is 29.8 Å². The van der Waals surface area contributed by atoms with Crippen molar-refractivity contribution >= 4 is 28.2 Å². The quantitative estimate of drug-likeness (QED) is 0.674. The first kappa shape index (κ1) is 14.3. The zero-order chi connectivity index (χ0) is 14.9. The van der Waals surface area contributed by atoms with E-state index in [1.54, 1.807) is 31.3 Å². The average Bonchev–Trinajstić information content (AvgIpc) is 2.87. The second-order valence-corrected chi connectivity index (χ2v) is 4.65. The van der Waals surface area contributed by atoms with Gasteiger partial charge in [0.05, 0.1) is 0 Å². The van der Waals surface area contributed by atoms with Crippen molar-refractivity contribution in [2.75, 3.05) is 11.9 Å². The van der Waals surface area contributed by atoms with Gasteiger partial charge in [0.25, 0.3) is 0 Å². The summed E-state index contributed by atoms with van der Waals surface area (Å²) in [7, 11) is 1.59. The lowest BCUT2D eigenvalue weighted by Crippen LogP contribution is -2.13. The normalized spacial score (nSPS) is 11.4. The number of nitrogens with two attached hydrogens (primary N) is 1. The molecular weight excluding hydrogens is 291 g/mol. The van der Waals surface area contributed by atoms with E-state index >= 15 is 0 Å². The van der Waals surface area contributed by atoms with Crippen LogP contribution in [0, 0.1) is 5.41 Å². The van der Waals surface area contributed by atoms with Crippen LogP contribution in [0.3, 0.4) is 0 Å². The zero-order valence-corrected chi connectivity index (χ0v) is 11.1. The van der Waals surface area contributed by atoms with E-state index in [0.717, 1.165) is 0 Å². The molecule has 1 aromatic carbocycles. The van der Waals surface area contributed by atoms with E-state index in [0.29, 0.717) is 22.8 Å². The van der Waals surface area contributed by atoms with Gasteiger partial charge in [0.1, 0.15) is 5.84 Å². The van der Waals surface area contributed by atoms with E-state index in [4.69, 9.17) is 11.1 Å². The lowest BCUT2D eigenvalue weighted by Gasteiger charge is -2.15. The lowest BCUT2D eigenvalue weighted by atomic mass is 10.2. The summed E-state index contributed by atoms with van der Waals surface area (Å²) in [5.41, 5.74) is 6.49. The molecule has 0 saturated carbocycles. The number of hydrogen-bond donors (Lipinski definition) is 2. The maximum Gasteiger partial charge on any atom is 0.452 e. The second kappa shape index (κ2) is 5.08. The minimum atomic E-state index is -4.55. The number of anilines is 2. The molecule has 0 atom stereocenters. The minimum absolute atomic E-state index is 0.0746. The molecule has 0 aliphatic carbocycles. The standard InChI is InChI=1S/C11H10F3N5S/c1-19(7-4-2-6(3-5-7)8(15)16)10-17-9(18-20-10)11(12,13)14/h2-5H,1H3,(H3,15,16). The predicted octanol–water partition coefficient (Wildman–Crippen LogP) is 2.61. The zero-order valence-electron chi connectivity index (χ0n) is 10.3. The number of hydrogen-bond acceptors (Lipinski definition) is 5. The summed E-state index contributed by atoms with van der Waals surface area (Å²) in [6.07, 6.45) is -4.55. The lowest BCUT2D eigenvalue weighted by molar-refractivity contribution is -0.144. The van der Waals surface area contributed by atoms with Crippen LogP contribution >= 0.6 is 11.5 Å². The van der Waals surface area contributed by atoms with Crippen molar-refractivity contribution in [3.8, 4) is 0 Å². The second-order valence-electron chi connectivity index (χ2n) is 3.92. The van der Waals surface area contributed by atoms with Gasteiger partial charge in [-0.15, -0.1) is 0 Å². The highest BCUT2D eigenvalue weighted by Gasteiger charge is 2.36. The van der Waals surface area contributed by atoms with E-state index in [9.17, 15) is 13.2 Å². The van der Waals surface area contributed by atoms with E-state index in [1.165, 1.54) is 4.90 Å². The monoisotopic (exact) mass is 301 g/mol. The summed E-state index contributed by atoms with van der Waals surface area (Å²) in [5, 5.41) is 7.40. The molecular formula is C11H10F3N5S. The van der Waals surface area contributed by atoms with Gasteiger partial charge in [0.2, 0.25) is 11.0 Å². The summed E-state index contributed by atoms with van der Waals surface area (Å²) in [6.45, 7) is 0. The Labute approximate surface area is 116 Å². The van der Waals surface area contributed by atoms with E-state index < -0.39 is 12.0 Å². The predicted molar refractivity (Wildman–Crippen MR) is 70.4 cm³/mol. The van der Waals surface area contributed by atoms with Crippen LogP contribution in [0.25, 0.3) is 0 Å². The molecule has 0 spiro atoms. The largest absolute Gasteiger partial charge is 0.452 e. The molecule has 0 radical (unpaired) electrons. The van der Waals surface area contributed by atoms with Crippen LogP contribution in [0.2, 0.25) is 0 Å². The molecule has 0 bridgehead atoms. The van der Waals surface area contributed by atoms with Crippen LogP contribution in [0.1, 0.15) is 11.4 Å². The molecule has 0 unspecified atom stereocenters. The Hall–Kier alpha value is -2.16. The van der Waals surface area contributed by atoms with Crippen molar-refractivity contribution in [3.63, 3.8) is 0 Å². The Morgan fingerprint density at radius 3 is 2.35 bits per heavy atom. The van der Waals surface area contributed by atoms with Crippen molar-refractivity contribution in [2.45, 2.75) is 6.18 Å². The van der Waals surface area contributed by atoms with Crippen LogP contribution in [0.15, 0.2) is 24.3 Å². The van der Waals surface area contributed by atoms with Gasteiger partial charge in [-0.1, -0.05) is 0 Å². The highest BCUT2D eigenvalue weighted by atomic mass is 32.1. The summed E-state index contributed by atoms with van der Waals surface area (Å²) in [6, 6.07) is 6.51. The van der Waals surface area contributed by atoms with Crippen molar-refractivity contribution in [3.05, 3.63) is 35.7 Å². The third-order valence-electron chi connectivity index (χ3n) is 2.52. The number of nitrogens with zero attached hydrogens (tertiary/aromatic N) is 3. The minimum Gasteiger partial charge on any atom is -0.384 e. The summed E-state index contributed by atoms with van der Waals surface area (Å²) in [5.74, 6) is -1.22. The van der Waals surface area contributed by atoms with Gasteiger partial charge in [0.15, 0.2) is 0 Å². The Balaban J connectivity index is 2.24. The molecule has 5 nitrogen and oxygen atoms in total. The highest BCUT2D eigenvalue weighted by Crippen LogP contribution is 2.32. The van der Waals surface area contributed by atoms with Gasteiger partial charge in [-0.25, -0.2) is 0 Å². The van der Waals surface area contributed by atoms with Crippen LogP contribution in [-0.2, 0) is 6.18 Å². The highest BCUT2D eigenvalue weighted by molar-refractivity contribution is 7.09. The molecule has 0 fully saturated rings. The molecule has 1 aromatic heterocycles. The molecule has 9 heteroatoms. The number of halogens is 3. The fourth-order valence-corrected chi connectivity index (χ4v) is 2.11. The first-order valence-corrected chi connectivity index (χ1v) is 6.15. The van der Waals surface area contributed by atoms with Crippen molar-refractivity contribution in [1.82, 2.24) is 9.36 Å². The van der Waals surface area contributed by atoms with Gasteiger partial charge < -0.3 is 10.6 Å². The number of alkyl halides is 3. The average molecular weight is 301 g/mol. The Morgan fingerprint density at radius 2 is 1.90 bits per heavy atom. The van der Waals surface area contributed by atoms with E-state index in [2.05, 4.69) is 9.36 Å². The molecule has 0 aliphatic rings. The smallest absolute Gasteiger partial charge is 0.384 e. The molecule has 3 N–H and O–H groups in total. The summed E-state index contributed by atoms with van der Waals surface area (Å²) >= 11 is 0.668. The third kappa shape index (κ3) is 2.87. The number of aromatic nitrogens is 2. The van der Waals surface area contributed by atoms with Gasteiger partial charge >= 0.3 is 6.18 Å². The van der Waals surface area contributed by atoms with Crippen molar-refractivity contribution in [2.24, 2.45) is 5.73 Å². The molecule has 20 heavy (non-hydrogen) atoms. The molecule has 1 heterocycles. The molecule has 0 amide bonds. The number of amidine groups is 1. The number of nitrogen functional groups attached to an aromatic ring is 1. The third-order valence-corrected chi connectivity index (χ3v) is 3.31. The fourth-order valence-electron chi connectivity index (χ4n) is 1.44. The molecule has 0 saturated heterocycles. The molecule has 2 aromatic rings. The topological polar surface area (TPSA) is 78.9 Å². The Kier molecular flexibility index (Phi) is 3.62. The van der Waals surface area contributed by atoms with Crippen molar-refractivity contribution in [1.29, 1.82) is 5.41 Å². The fraction of sp³-hybridized carbons (Fsp3) is 0.182. The van der Waals surface area contributed by atoms with E-state index in [-0.39, 0.29) is 11.0 Å². The summed E-state index contributed by atoms with van der Waals surface area (Å²) in [4.78, 5) is 4.94. The first-order chi connectivity index (χ1) is 9.29. The van der Waals surface area contributed by atoms with E-state index in [1.807, 2.05) is 0 Å². The van der Waals surface area contributed by atoms with Crippen LogP contribution in [-0.4, -0.2) is 22.2 Å². The van der Waals surface area contributed by atoms with Crippen molar-refractivity contribution < 1.29 is 13.2 Å². The van der Waals surface area contributed by atoms with Crippen LogP contribution in [0.5, 0.6) is 0 Å². The van der Waals surface area contributed by atoms with Crippen LogP contribution < -0.4 is 10.6 Å². The maximum absolute atomic E-state index is 12.4. The van der Waals surface area contributed by atoms with Crippen LogP contribution in [0.4, 0.5) is 24.0 Å². The molecule has 2 rings (SSSR count). The van der Waals surface area contributed by atoms with Gasteiger partial charge in [-0.3, -0.25) is 5.41 Å². The first-order valence-electron chi connectivity index (χ1n) is 5.38. The SMILES string of the molecule is CN(c1ccc(C(=N)N)cc1)c1nc(C(F)(F)F)ns1. The molecule has 0 aliphatic heterocycles. The maximum atomic E-state index is 12.4.